The third kappa shape index (κ3) is 3.77. The van der Waals surface area contributed by atoms with Gasteiger partial charge in [-0.25, -0.2) is 0 Å². The third-order valence-corrected chi connectivity index (χ3v) is 6.39. The van der Waals surface area contributed by atoms with Crippen molar-refractivity contribution in [1.82, 2.24) is 20.4 Å². The van der Waals surface area contributed by atoms with E-state index in [4.69, 9.17) is 5.10 Å². The average Bonchev–Trinajstić information content (AvgIpc) is 3.52. The lowest BCUT2D eigenvalue weighted by Gasteiger charge is -2.32. The molecule has 0 spiro atoms. The predicted molar refractivity (Wildman–Crippen MR) is 117 cm³/mol. The molecule has 1 saturated carbocycles. The van der Waals surface area contributed by atoms with E-state index in [1.54, 1.807) is 0 Å². The Morgan fingerprint density at radius 3 is 2.30 bits per heavy atom. The summed E-state index contributed by atoms with van der Waals surface area (Å²) in [5.74, 6) is 0.219. The fourth-order valence-electron chi connectivity index (χ4n) is 4.42. The lowest BCUT2D eigenvalue weighted by molar-refractivity contribution is -0.126. The molecule has 1 amide bonds. The normalized spacial score (nSPS) is 17.5. The van der Waals surface area contributed by atoms with Gasteiger partial charge in [0.1, 0.15) is 0 Å². The van der Waals surface area contributed by atoms with Crippen molar-refractivity contribution in [3.05, 3.63) is 88.7 Å². The van der Waals surface area contributed by atoms with E-state index in [1.807, 2.05) is 19.1 Å². The smallest absolute Gasteiger partial charge is 0.237 e. The van der Waals surface area contributed by atoms with E-state index in [-0.39, 0.29) is 17.9 Å². The quantitative estimate of drug-likeness (QED) is 0.664. The Bertz CT molecular complexity index is 971. The van der Waals surface area contributed by atoms with Gasteiger partial charge in [-0.1, -0.05) is 60.7 Å². The summed E-state index contributed by atoms with van der Waals surface area (Å²) in [6.07, 6.45) is 3.12. The zero-order valence-electron chi connectivity index (χ0n) is 17.3. The molecule has 5 rings (SSSR count). The SMILES string of the molecule is CC(C(=O)NC1CC1)N1CCc2[nH]nc(C(c3ccccc3)c3ccccc3)c2C1. The standard InChI is InChI=1S/C25H28N4O/c1-17(25(30)26-20-12-13-20)29-15-14-22-21(16-29)24(28-27-22)23(18-8-4-2-5-9-18)19-10-6-3-7-11-19/h2-11,17,20,23H,12-16H2,1H3,(H,26,30)(H,27,28). The minimum absolute atomic E-state index is 0.0722. The number of carbonyl (C=O) groups is 1. The van der Waals surface area contributed by atoms with Gasteiger partial charge in [-0.15, -0.1) is 0 Å². The molecule has 1 aromatic heterocycles. The maximum absolute atomic E-state index is 12.6. The number of hydrogen-bond acceptors (Lipinski definition) is 3. The van der Waals surface area contributed by atoms with E-state index in [9.17, 15) is 4.79 Å². The molecule has 2 aromatic carbocycles. The topological polar surface area (TPSA) is 61.0 Å². The highest BCUT2D eigenvalue weighted by atomic mass is 16.2. The average molecular weight is 401 g/mol. The molecule has 1 fully saturated rings. The van der Waals surface area contributed by atoms with Crippen LogP contribution >= 0.6 is 0 Å². The second kappa shape index (κ2) is 8.07. The monoisotopic (exact) mass is 400 g/mol. The van der Waals surface area contributed by atoms with Crippen molar-refractivity contribution in [2.24, 2.45) is 0 Å². The van der Waals surface area contributed by atoms with E-state index < -0.39 is 0 Å². The van der Waals surface area contributed by atoms with Crippen LogP contribution in [0.4, 0.5) is 0 Å². The van der Waals surface area contributed by atoms with Crippen molar-refractivity contribution < 1.29 is 4.79 Å². The molecule has 1 aliphatic heterocycles. The van der Waals surface area contributed by atoms with E-state index >= 15 is 0 Å². The Morgan fingerprint density at radius 1 is 1.07 bits per heavy atom. The van der Waals surface area contributed by atoms with Crippen LogP contribution in [0.2, 0.25) is 0 Å². The summed E-state index contributed by atoms with van der Waals surface area (Å²) >= 11 is 0. The Kier molecular flexibility index (Phi) is 5.13. The molecule has 3 aromatic rings. The second-order valence-corrected chi connectivity index (χ2v) is 8.50. The summed E-state index contributed by atoms with van der Waals surface area (Å²) in [5, 5.41) is 11.2. The van der Waals surface area contributed by atoms with Gasteiger partial charge in [-0.2, -0.15) is 5.10 Å². The van der Waals surface area contributed by atoms with Crippen LogP contribution in [0.1, 0.15) is 53.8 Å². The number of hydrogen-bond donors (Lipinski definition) is 2. The number of amides is 1. The Balaban J connectivity index is 1.47. The highest BCUT2D eigenvalue weighted by Crippen LogP contribution is 2.35. The summed E-state index contributed by atoms with van der Waals surface area (Å²) in [6.45, 7) is 3.64. The van der Waals surface area contributed by atoms with E-state index in [2.05, 4.69) is 63.8 Å². The van der Waals surface area contributed by atoms with E-state index in [1.165, 1.54) is 22.4 Å². The lowest BCUT2D eigenvalue weighted by Crippen LogP contribution is -2.47. The fourth-order valence-corrected chi connectivity index (χ4v) is 4.42. The predicted octanol–water partition coefficient (Wildman–Crippen LogP) is 3.62. The summed E-state index contributed by atoms with van der Waals surface area (Å²) in [7, 11) is 0. The first-order valence-corrected chi connectivity index (χ1v) is 10.9. The molecule has 2 aliphatic rings. The van der Waals surface area contributed by atoms with Gasteiger partial charge < -0.3 is 5.32 Å². The first kappa shape index (κ1) is 19.1. The van der Waals surface area contributed by atoms with Crippen LogP contribution in [0, 0.1) is 0 Å². The molecule has 0 bridgehead atoms. The van der Waals surface area contributed by atoms with Crippen molar-refractivity contribution in [2.45, 2.75) is 50.7 Å². The summed E-state index contributed by atoms with van der Waals surface area (Å²) in [6, 6.07) is 21.4. The molecule has 5 heteroatoms. The molecule has 0 radical (unpaired) electrons. The van der Waals surface area contributed by atoms with Crippen molar-refractivity contribution in [3.63, 3.8) is 0 Å². The van der Waals surface area contributed by atoms with Crippen LogP contribution in [0.5, 0.6) is 0 Å². The van der Waals surface area contributed by atoms with Gasteiger partial charge in [-0.3, -0.25) is 14.8 Å². The summed E-state index contributed by atoms with van der Waals surface area (Å²) < 4.78 is 0. The number of fused-ring (bicyclic) bond motifs is 1. The summed E-state index contributed by atoms with van der Waals surface area (Å²) in [5.41, 5.74) is 5.98. The number of aromatic nitrogens is 2. The highest BCUT2D eigenvalue weighted by Gasteiger charge is 2.33. The molecule has 1 aliphatic carbocycles. The Morgan fingerprint density at radius 2 is 1.70 bits per heavy atom. The van der Waals surface area contributed by atoms with Crippen molar-refractivity contribution >= 4 is 5.91 Å². The zero-order chi connectivity index (χ0) is 20.5. The van der Waals surface area contributed by atoms with Gasteiger partial charge in [0, 0.05) is 36.8 Å². The van der Waals surface area contributed by atoms with Crippen LogP contribution < -0.4 is 5.32 Å². The van der Waals surface area contributed by atoms with E-state index in [0.29, 0.717) is 6.04 Å². The molecule has 30 heavy (non-hydrogen) atoms. The number of aromatic amines is 1. The van der Waals surface area contributed by atoms with Gasteiger partial charge in [-0.05, 0) is 30.9 Å². The number of nitrogens with one attached hydrogen (secondary N) is 2. The largest absolute Gasteiger partial charge is 0.352 e. The number of carbonyl (C=O) groups excluding carboxylic acids is 1. The first-order valence-electron chi connectivity index (χ1n) is 10.9. The Labute approximate surface area is 177 Å². The molecular weight excluding hydrogens is 372 g/mol. The van der Waals surface area contributed by atoms with Crippen LogP contribution in [-0.4, -0.2) is 39.6 Å². The van der Waals surface area contributed by atoms with Gasteiger partial charge >= 0.3 is 0 Å². The molecule has 2 N–H and O–H groups in total. The van der Waals surface area contributed by atoms with Crippen LogP contribution in [0.25, 0.3) is 0 Å². The van der Waals surface area contributed by atoms with Crippen molar-refractivity contribution in [3.8, 4) is 0 Å². The van der Waals surface area contributed by atoms with Gasteiger partial charge in [0.15, 0.2) is 0 Å². The molecule has 0 saturated heterocycles. The molecule has 1 atom stereocenters. The van der Waals surface area contributed by atoms with Crippen LogP contribution in [0.3, 0.4) is 0 Å². The third-order valence-electron chi connectivity index (χ3n) is 6.39. The minimum Gasteiger partial charge on any atom is -0.352 e. The van der Waals surface area contributed by atoms with Crippen LogP contribution in [-0.2, 0) is 17.8 Å². The fraction of sp³-hybridized carbons (Fsp3) is 0.360. The number of benzene rings is 2. The van der Waals surface area contributed by atoms with Gasteiger partial charge in [0.25, 0.3) is 0 Å². The molecule has 2 heterocycles. The van der Waals surface area contributed by atoms with Crippen molar-refractivity contribution in [2.75, 3.05) is 6.54 Å². The first-order chi connectivity index (χ1) is 14.7. The molecule has 154 valence electrons. The molecule has 1 unspecified atom stereocenters. The minimum atomic E-state index is -0.131. The van der Waals surface area contributed by atoms with Gasteiger partial charge in [0.2, 0.25) is 5.91 Å². The van der Waals surface area contributed by atoms with Crippen molar-refractivity contribution in [1.29, 1.82) is 0 Å². The summed E-state index contributed by atoms with van der Waals surface area (Å²) in [4.78, 5) is 14.9. The number of H-pyrrole nitrogens is 1. The maximum atomic E-state index is 12.6. The molecule has 5 nitrogen and oxygen atoms in total. The highest BCUT2D eigenvalue weighted by molar-refractivity contribution is 5.81. The van der Waals surface area contributed by atoms with E-state index in [0.717, 1.165) is 38.0 Å². The number of nitrogens with zero attached hydrogens (tertiary/aromatic N) is 2. The maximum Gasteiger partial charge on any atom is 0.237 e. The lowest BCUT2D eigenvalue weighted by atomic mass is 9.85. The molecular formula is C25H28N4O. The van der Waals surface area contributed by atoms with Crippen LogP contribution in [0.15, 0.2) is 60.7 Å². The van der Waals surface area contributed by atoms with Gasteiger partial charge in [0.05, 0.1) is 17.7 Å². The number of rotatable bonds is 6. The Hall–Kier alpha value is -2.92. The second-order valence-electron chi connectivity index (χ2n) is 8.50. The zero-order valence-corrected chi connectivity index (χ0v) is 17.3.